The molecule has 0 fully saturated rings. The van der Waals surface area contributed by atoms with Gasteiger partial charge in [-0.25, -0.2) is 0 Å². The van der Waals surface area contributed by atoms with Crippen LogP contribution in [0.15, 0.2) is 201 Å². The van der Waals surface area contributed by atoms with Crippen molar-refractivity contribution in [3.8, 4) is 27.9 Å². The second-order valence-corrected chi connectivity index (χ2v) is 15.1. The second-order valence-electron chi connectivity index (χ2n) is 15.1. The molecule has 1 aliphatic carbocycles. The van der Waals surface area contributed by atoms with E-state index in [1.54, 1.807) is 0 Å². The Morgan fingerprint density at radius 1 is 0.439 bits per heavy atom. The van der Waals surface area contributed by atoms with E-state index in [0.717, 1.165) is 56.9 Å². The highest BCUT2D eigenvalue weighted by atomic mass is 15.1. The molecule has 0 amide bonds. The molecule has 11 rings (SSSR count). The van der Waals surface area contributed by atoms with Gasteiger partial charge in [0.05, 0.1) is 16.7 Å². The third-order valence-electron chi connectivity index (χ3n) is 11.9. The summed E-state index contributed by atoms with van der Waals surface area (Å²) < 4.78 is 2.42. The van der Waals surface area contributed by atoms with Gasteiger partial charge in [0.2, 0.25) is 0 Å². The number of hydrogen-bond acceptors (Lipinski definition) is 1. The Morgan fingerprint density at radius 3 is 2.02 bits per heavy atom. The van der Waals surface area contributed by atoms with Crippen LogP contribution in [0.3, 0.4) is 0 Å². The van der Waals surface area contributed by atoms with Crippen molar-refractivity contribution < 1.29 is 0 Å². The van der Waals surface area contributed by atoms with Gasteiger partial charge in [-0.3, -0.25) is 0 Å². The van der Waals surface area contributed by atoms with Gasteiger partial charge in [0.15, 0.2) is 0 Å². The monoisotopic (exact) mass is 726 g/mol. The summed E-state index contributed by atoms with van der Waals surface area (Å²) in [7, 11) is 0. The van der Waals surface area contributed by atoms with Crippen LogP contribution in [0.5, 0.6) is 0 Å². The zero-order valence-corrected chi connectivity index (χ0v) is 31.5. The van der Waals surface area contributed by atoms with E-state index in [-0.39, 0.29) is 0 Å². The number of fused-ring (bicyclic) bond motifs is 8. The van der Waals surface area contributed by atoms with Crippen molar-refractivity contribution in [1.29, 1.82) is 0 Å². The van der Waals surface area contributed by atoms with Crippen molar-refractivity contribution in [3.63, 3.8) is 0 Å². The topological polar surface area (TPSA) is 8.17 Å². The van der Waals surface area contributed by atoms with E-state index in [1.165, 1.54) is 60.8 Å². The summed E-state index contributed by atoms with van der Waals surface area (Å²) in [6.07, 6.45) is 5.20. The molecule has 268 valence electrons. The van der Waals surface area contributed by atoms with Crippen molar-refractivity contribution in [2.45, 2.75) is 6.42 Å². The van der Waals surface area contributed by atoms with Crippen LogP contribution in [0.25, 0.3) is 67.0 Å². The fourth-order valence-corrected chi connectivity index (χ4v) is 9.18. The van der Waals surface area contributed by atoms with Crippen LogP contribution in [0.4, 0.5) is 11.4 Å². The molecular weight excluding hydrogens is 689 g/mol. The van der Waals surface area contributed by atoms with Gasteiger partial charge in [0, 0.05) is 33.9 Å². The molecule has 0 unspecified atom stereocenters. The number of aromatic nitrogens is 1. The summed E-state index contributed by atoms with van der Waals surface area (Å²) in [5.74, 6) is 0. The number of hydrogen-bond donors (Lipinski definition) is 0. The summed E-state index contributed by atoms with van der Waals surface area (Å²) in [5, 5.41) is 2.47. The quantitative estimate of drug-likeness (QED) is 0.171. The predicted octanol–water partition coefficient (Wildman–Crippen LogP) is 14.3. The zero-order chi connectivity index (χ0) is 38.0. The molecule has 0 atom stereocenters. The molecule has 9 aromatic rings. The first-order valence-electron chi connectivity index (χ1n) is 19.6. The summed E-state index contributed by atoms with van der Waals surface area (Å²) >= 11 is 0. The number of para-hydroxylation sites is 2. The highest BCUT2D eigenvalue weighted by Gasteiger charge is 2.25. The first-order valence-corrected chi connectivity index (χ1v) is 19.6. The first kappa shape index (κ1) is 33.0. The number of nitrogens with zero attached hydrogens (tertiary/aromatic N) is 2. The summed E-state index contributed by atoms with van der Waals surface area (Å²) in [6, 6.07) is 66.0. The van der Waals surface area contributed by atoms with Crippen LogP contribution in [-0.4, -0.2) is 4.57 Å². The molecule has 2 aliphatic rings. The Bertz CT molecular complexity index is 3140. The standard InChI is InChI=1S/C55H38N2/c1-36-45-20-7-6-15-39(45)30-31-56(43-17-4-3-5-18-43)52-28-26-40(34-50(36)52)41-27-29-54-51(35-41)48-23-10-11-25-53(48)57(54)44-19-12-14-38(33-44)32-42-16-13-24-49-47-22-9-8-21-46(47)37(2)55(42)49/h3-31,33-35H,1-2,32H2/b31-30-. The third kappa shape index (κ3) is 5.33. The summed E-state index contributed by atoms with van der Waals surface area (Å²) in [5.41, 5.74) is 21.3. The summed E-state index contributed by atoms with van der Waals surface area (Å²) in [4.78, 5) is 2.27. The highest BCUT2D eigenvalue weighted by molar-refractivity contribution is 6.10. The van der Waals surface area contributed by atoms with Crippen LogP contribution < -0.4 is 4.90 Å². The fraction of sp³-hybridized carbons (Fsp3) is 0.0182. The van der Waals surface area contributed by atoms with E-state index >= 15 is 0 Å². The average molecular weight is 727 g/mol. The van der Waals surface area contributed by atoms with Crippen LogP contribution in [0.1, 0.15) is 38.9 Å². The lowest BCUT2D eigenvalue weighted by atomic mass is 9.90. The smallest absolute Gasteiger partial charge is 0.0541 e. The first-order chi connectivity index (χ1) is 28.1. The van der Waals surface area contributed by atoms with Gasteiger partial charge in [-0.05, 0) is 134 Å². The molecule has 1 aliphatic heterocycles. The molecule has 0 saturated carbocycles. The van der Waals surface area contributed by atoms with Crippen LogP contribution in [0.2, 0.25) is 0 Å². The molecule has 2 heteroatoms. The van der Waals surface area contributed by atoms with Gasteiger partial charge in [0.25, 0.3) is 0 Å². The molecule has 0 saturated heterocycles. The third-order valence-corrected chi connectivity index (χ3v) is 11.9. The molecule has 1 aromatic heterocycles. The van der Waals surface area contributed by atoms with Gasteiger partial charge in [0.1, 0.15) is 0 Å². The van der Waals surface area contributed by atoms with Crippen LogP contribution in [-0.2, 0) is 6.42 Å². The largest absolute Gasteiger partial charge is 0.317 e. The molecular formula is C55H38N2. The van der Waals surface area contributed by atoms with Crippen molar-refractivity contribution in [2.24, 2.45) is 0 Å². The van der Waals surface area contributed by atoms with Gasteiger partial charge < -0.3 is 9.47 Å². The van der Waals surface area contributed by atoms with E-state index in [9.17, 15) is 0 Å². The zero-order valence-electron chi connectivity index (χ0n) is 31.5. The van der Waals surface area contributed by atoms with E-state index in [2.05, 4.69) is 217 Å². The highest BCUT2D eigenvalue weighted by Crippen LogP contribution is 2.46. The summed E-state index contributed by atoms with van der Waals surface area (Å²) in [6.45, 7) is 9.22. The Kier molecular flexibility index (Phi) is 7.58. The van der Waals surface area contributed by atoms with E-state index in [0.29, 0.717) is 0 Å². The second kappa shape index (κ2) is 13.1. The molecule has 0 spiro atoms. The average Bonchev–Trinajstić information content (AvgIpc) is 3.75. The van der Waals surface area contributed by atoms with Crippen molar-refractivity contribution in [3.05, 3.63) is 240 Å². The molecule has 0 bridgehead atoms. The minimum absolute atomic E-state index is 0.830. The SMILES string of the molecule is C=C1c2ccccc2/C=C\N(c2ccccc2)c2ccc(-c3ccc4c(c3)c3ccccc3n4-c3cccc(Cc4cccc5c4C(=C)c4ccccc4-5)c3)cc21. The van der Waals surface area contributed by atoms with E-state index < -0.39 is 0 Å². The maximum Gasteiger partial charge on any atom is 0.0541 e. The van der Waals surface area contributed by atoms with Crippen molar-refractivity contribution in [1.82, 2.24) is 4.57 Å². The maximum absolute atomic E-state index is 4.68. The maximum atomic E-state index is 4.68. The number of benzene rings is 8. The lowest BCUT2D eigenvalue weighted by molar-refractivity contribution is 1.13. The lowest BCUT2D eigenvalue weighted by Crippen LogP contribution is -2.12. The van der Waals surface area contributed by atoms with Crippen LogP contribution >= 0.6 is 0 Å². The Morgan fingerprint density at radius 2 is 1.12 bits per heavy atom. The van der Waals surface area contributed by atoms with Gasteiger partial charge >= 0.3 is 0 Å². The van der Waals surface area contributed by atoms with E-state index in [4.69, 9.17) is 0 Å². The molecule has 2 heterocycles. The Labute approximate surface area is 333 Å². The molecule has 57 heavy (non-hydrogen) atoms. The normalized spacial score (nSPS) is 13.5. The lowest BCUT2D eigenvalue weighted by Gasteiger charge is -2.27. The Balaban J connectivity index is 1.00. The number of rotatable bonds is 5. The van der Waals surface area contributed by atoms with Gasteiger partial charge in [-0.2, -0.15) is 0 Å². The molecule has 2 nitrogen and oxygen atoms in total. The molecule has 0 radical (unpaired) electrons. The molecule has 0 N–H and O–H groups in total. The van der Waals surface area contributed by atoms with Gasteiger partial charge in [-0.15, -0.1) is 0 Å². The van der Waals surface area contributed by atoms with E-state index in [1.807, 2.05) is 0 Å². The molecule has 8 aromatic carbocycles. The minimum Gasteiger partial charge on any atom is -0.317 e. The number of anilines is 2. The minimum atomic E-state index is 0.830. The van der Waals surface area contributed by atoms with Crippen LogP contribution in [0, 0.1) is 0 Å². The fourth-order valence-electron chi connectivity index (χ4n) is 9.18. The Hall–Kier alpha value is -7.42. The predicted molar refractivity (Wildman–Crippen MR) is 241 cm³/mol. The van der Waals surface area contributed by atoms with Gasteiger partial charge in [-0.1, -0.05) is 141 Å². The van der Waals surface area contributed by atoms with Crippen molar-refractivity contribution in [2.75, 3.05) is 4.90 Å². The van der Waals surface area contributed by atoms with Crippen molar-refractivity contribution >= 4 is 50.4 Å².